The lowest BCUT2D eigenvalue weighted by molar-refractivity contribution is 0.104. The molecule has 4 nitrogen and oxygen atoms in total. The van der Waals surface area contributed by atoms with Crippen LogP contribution in [0, 0.1) is 5.92 Å². The van der Waals surface area contributed by atoms with E-state index in [-0.39, 0.29) is 16.8 Å². The van der Waals surface area contributed by atoms with Gasteiger partial charge in [0, 0.05) is 35.3 Å². The molecule has 1 saturated carbocycles. The number of aryl methyl sites for hydroxylation is 2. The molecule has 0 unspecified atom stereocenters. The van der Waals surface area contributed by atoms with Crippen molar-refractivity contribution < 1.29 is 9.21 Å². The number of nitrogens with zero attached hydrogens (tertiary/aromatic N) is 1. The predicted octanol–water partition coefficient (Wildman–Crippen LogP) is 4.61. The number of hydrogen-bond donors (Lipinski definition) is 0. The first kappa shape index (κ1) is 16.1. The van der Waals surface area contributed by atoms with Gasteiger partial charge in [-0.2, -0.15) is 0 Å². The second-order valence-corrected chi connectivity index (χ2v) is 7.28. The Balaban J connectivity index is 1.68. The molecule has 0 N–H and O–H groups in total. The van der Waals surface area contributed by atoms with Gasteiger partial charge in [0.1, 0.15) is 5.58 Å². The minimum Gasteiger partial charge on any atom is -0.454 e. The lowest BCUT2D eigenvalue weighted by Crippen LogP contribution is -2.20. The molecule has 27 heavy (non-hydrogen) atoms. The Labute approximate surface area is 156 Å². The van der Waals surface area contributed by atoms with Crippen LogP contribution >= 0.6 is 0 Å². The fourth-order valence-corrected chi connectivity index (χ4v) is 3.79. The average molecular weight is 357 g/mol. The van der Waals surface area contributed by atoms with Gasteiger partial charge in [0.25, 0.3) is 0 Å². The highest BCUT2D eigenvalue weighted by molar-refractivity contribution is 6.04. The molecule has 1 aliphatic carbocycles. The maximum Gasteiger partial charge on any atom is 0.193 e. The van der Waals surface area contributed by atoms with E-state index in [1.807, 2.05) is 4.57 Å². The summed E-state index contributed by atoms with van der Waals surface area (Å²) in [5.74, 6) is 1.08. The molecule has 0 amide bonds. The number of carbonyl (C=O) groups excluding carboxylic acids is 1. The van der Waals surface area contributed by atoms with Gasteiger partial charge in [0.15, 0.2) is 17.0 Å². The standard InChI is InChI=1S/C23H19NO3/c1-2-20(25)18-13-24-11-10-17-16-5-3-4-15(9-8-14-6-7-14)22(16)27-23(17)19(24)12-21(18)26/h2-5,8-9,12-14H,1,6-7,10-11H2/b9-8-. The second kappa shape index (κ2) is 5.95. The molecule has 0 radical (unpaired) electrons. The van der Waals surface area contributed by atoms with Crippen molar-refractivity contribution >= 4 is 22.8 Å². The van der Waals surface area contributed by atoms with E-state index < -0.39 is 0 Å². The van der Waals surface area contributed by atoms with Crippen molar-refractivity contribution in [1.82, 2.24) is 4.57 Å². The third kappa shape index (κ3) is 2.60. The van der Waals surface area contributed by atoms with Crippen LogP contribution in [0.15, 0.2) is 58.4 Å². The maximum absolute atomic E-state index is 12.4. The number of hydrogen-bond acceptors (Lipinski definition) is 3. The molecule has 3 aromatic rings. The van der Waals surface area contributed by atoms with Gasteiger partial charge in [0.05, 0.1) is 11.3 Å². The molecule has 0 bridgehead atoms. The smallest absolute Gasteiger partial charge is 0.193 e. The molecule has 1 aromatic carbocycles. The third-order valence-corrected chi connectivity index (χ3v) is 5.43. The van der Waals surface area contributed by atoms with E-state index >= 15 is 0 Å². The van der Waals surface area contributed by atoms with Crippen molar-refractivity contribution in [3.8, 4) is 11.5 Å². The van der Waals surface area contributed by atoms with Crippen molar-refractivity contribution in [3.05, 3.63) is 76.1 Å². The molecular formula is C23H19NO3. The molecule has 5 rings (SSSR count). The molecule has 0 saturated heterocycles. The van der Waals surface area contributed by atoms with E-state index in [0.29, 0.717) is 12.5 Å². The Bertz CT molecular complexity index is 1190. The summed E-state index contributed by atoms with van der Waals surface area (Å²) in [6.45, 7) is 4.18. The Morgan fingerprint density at radius 3 is 2.93 bits per heavy atom. The number of para-hydroxylation sites is 1. The predicted molar refractivity (Wildman–Crippen MR) is 106 cm³/mol. The third-order valence-electron chi connectivity index (χ3n) is 5.43. The Morgan fingerprint density at radius 2 is 2.15 bits per heavy atom. The van der Waals surface area contributed by atoms with Crippen LogP contribution in [-0.4, -0.2) is 10.4 Å². The van der Waals surface area contributed by atoms with Gasteiger partial charge in [-0.3, -0.25) is 9.59 Å². The topological polar surface area (TPSA) is 52.2 Å². The number of fused-ring (bicyclic) bond motifs is 5. The molecule has 4 heteroatoms. The lowest BCUT2D eigenvalue weighted by atomic mass is 9.99. The molecule has 0 atom stereocenters. The molecule has 1 fully saturated rings. The van der Waals surface area contributed by atoms with Crippen molar-refractivity contribution in [3.63, 3.8) is 0 Å². The first-order valence-electron chi connectivity index (χ1n) is 9.30. The van der Waals surface area contributed by atoms with Crippen molar-refractivity contribution in [2.75, 3.05) is 0 Å². The molecular weight excluding hydrogens is 338 g/mol. The van der Waals surface area contributed by atoms with Crippen LogP contribution in [0.1, 0.15) is 34.3 Å². The second-order valence-electron chi connectivity index (χ2n) is 7.28. The van der Waals surface area contributed by atoms with Crippen LogP contribution in [0.4, 0.5) is 0 Å². The van der Waals surface area contributed by atoms with E-state index in [2.05, 4.69) is 36.9 Å². The summed E-state index contributed by atoms with van der Waals surface area (Å²) in [7, 11) is 0. The lowest BCUT2D eigenvalue weighted by Gasteiger charge is -2.18. The van der Waals surface area contributed by atoms with E-state index in [0.717, 1.165) is 40.0 Å². The highest BCUT2D eigenvalue weighted by atomic mass is 16.3. The van der Waals surface area contributed by atoms with Gasteiger partial charge in [-0.05, 0) is 31.3 Å². The number of benzene rings is 1. The fourth-order valence-electron chi connectivity index (χ4n) is 3.79. The van der Waals surface area contributed by atoms with E-state index in [1.165, 1.54) is 25.0 Å². The summed E-state index contributed by atoms with van der Waals surface area (Å²) in [5, 5.41) is 1.10. The number of furan rings is 1. The first-order chi connectivity index (χ1) is 13.2. The molecule has 134 valence electrons. The van der Waals surface area contributed by atoms with Crippen LogP contribution in [0.2, 0.25) is 0 Å². The van der Waals surface area contributed by atoms with E-state index in [1.54, 1.807) is 6.20 Å². The minimum atomic E-state index is -0.349. The molecule has 3 heterocycles. The van der Waals surface area contributed by atoms with Crippen molar-refractivity contribution in [2.24, 2.45) is 5.92 Å². The Hall–Kier alpha value is -3.14. The quantitative estimate of drug-likeness (QED) is 0.506. The zero-order valence-corrected chi connectivity index (χ0v) is 14.9. The summed E-state index contributed by atoms with van der Waals surface area (Å²) < 4.78 is 8.20. The van der Waals surface area contributed by atoms with Gasteiger partial charge < -0.3 is 8.98 Å². The fraction of sp³-hybridized carbons (Fsp3) is 0.217. The largest absolute Gasteiger partial charge is 0.454 e. The van der Waals surface area contributed by atoms with Crippen LogP contribution < -0.4 is 5.43 Å². The van der Waals surface area contributed by atoms with Crippen molar-refractivity contribution in [1.29, 1.82) is 0 Å². The normalized spacial score (nSPS) is 15.7. The molecule has 2 aliphatic rings. The Morgan fingerprint density at radius 1 is 1.30 bits per heavy atom. The minimum absolute atomic E-state index is 0.154. The summed E-state index contributed by atoms with van der Waals surface area (Å²) in [5.41, 5.74) is 3.66. The van der Waals surface area contributed by atoms with Crippen LogP contribution in [0.5, 0.6) is 0 Å². The number of carbonyl (C=O) groups is 1. The molecule has 1 aliphatic heterocycles. The van der Waals surface area contributed by atoms with E-state index in [9.17, 15) is 9.59 Å². The van der Waals surface area contributed by atoms with Gasteiger partial charge in [-0.15, -0.1) is 0 Å². The maximum atomic E-state index is 12.4. The van der Waals surface area contributed by atoms with Gasteiger partial charge in [-0.1, -0.05) is 36.9 Å². The summed E-state index contributed by atoms with van der Waals surface area (Å²) in [6.07, 6.45) is 10.5. The number of rotatable bonds is 4. The summed E-state index contributed by atoms with van der Waals surface area (Å²) in [6, 6.07) is 7.71. The summed E-state index contributed by atoms with van der Waals surface area (Å²) in [4.78, 5) is 24.4. The Kier molecular flexibility index (Phi) is 3.54. The molecule has 0 spiro atoms. The first-order valence-corrected chi connectivity index (χ1v) is 9.30. The number of pyridine rings is 1. The van der Waals surface area contributed by atoms with Crippen LogP contribution in [0.25, 0.3) is 28.5 Å². The monoisotopic (exact) mass is 357 g/mol. The number of ketones is 1. The number of allylic oxidation sites excluding steroid dienone is 2. The van der Waals surface area contributed by atoms with E-state index in [4.69, 9.17) is 4.42 Å². The summed E-state index contributed by atoms with van der Waals surface area (Å²) >= 11 is 0. The van der Waals surface area contributed by atoms with Gasteiger partial charge >= 0.3 is 0 Å². The zero-order chi connectivity index (χ0) is 18.5. The number of aromatic nitrogens is 1. The highest BCUT2D eigenvalue weighted by Crippen LogP contribution is 2.39. The molecule has 2 aromatic heterocycles. The van der Waals surface area contributed by atoms with Crippen molar-refractivity contribution in [2.45, 2.75) is 25.8 Å². The SMILES string of the molecule is C=CC(=O)c1cn2c(cc1=O)-c1oc3c(/C=C\C4CC4)cccc3c1CC2. The van der Waals surface area contributed by atoms with Crippen LogP contribution in [0.3, 0.4) is 0 Å². The zero-order valence-electron chi connectivity index (χ0n) is 14.9. The average Bonchev–Trinajstić information content (AvgIpc) is 3.43. The van der Waals surface area contributed by atoms with Crippen LogP contribution in [-0.2, 0) is 13.0 Å². The van der Waals surface area contributed by atoms with Gasteiger partial charge in [-0.25, -0.2) is 0 Å². The van der Waals surface area contributed by atoms with Gasteiger partial charge in [0.2, 0.25) is 0 Å². The highest BCUT2D eigenvalue weighted by Gasteiger charge is 2.25.